The molecule has 6 nitrogen and oxygen atoms in total. The molecule has 2 aliphatic heterocycles. The lowest BCUT2D eigenvalue weighted by atomic mass is 10.1. The summed E-state index contributed by atoms with van der Waals surface area (Å²) in [6.45, 7) is 6.37. The molecule has 2 N–H and O–H groups in total. The molecule has 2 aliphatic rings. The van der Waals surface area contributed by atoms with Gasteiger partial charge in [0.2, 0.25) is 5.91 Å². The van der Waals surface area contributed by atoms with Crippen molar-refractivity contribution in [2.24, 2.45) is 0 Å². The Morgan fingerprint density at radius 1 is 1.43 bits per heavy atom. The number of amides is 2. The van der Waals surface area contributed by atoms with Crippen molar-refractivity contribution in [1.82, 2.24) is 5.32 Å². The van der Waals surface area contributed by atoms with E-state index < -0.39 is 6.04 Å². The Morgan fingerprint density at radius 2 is 2.17 bits per heavy atom. The van der Waals surface area contributed by atoms with Gasteiger partial charge >= 0.3 is 0 Å². The lowest BCUT2D eigenvalue weighted by molar-refractivity contribution is -0.906. The number of halogens is 1. The number of quaternary nitrogens is 1. The molecule has 0 radical (unpaired) electrons. The molecule has 0 spiro atoms. The number of anilines is 1. The maximum Gasteiger partial charge on any atom is 0.254 e. The van der Waals surface area contributed by atoms with E-state index in [1.807, 2.05) is 6.07 Å². The monoisotopic (exact) mass is 338 g/mol. The second-order valence-electron chi connectivity index (χ2n) is 5.94. The number of morpholine rings is 1. The fraction of sp³-hybridized carbons (Fsp3) is 0.500. The van der Waals surface area contributed by atoms with Crippen molar-refractivity contribution >= 4 is 29.1 Å². The average Bonchev–Trinajstić information content (AvgIpc) is 2.78. The summed E-state index contributed by atoms with van der Waals surface area (Å²) in [6.07, 6.45) is 0. The lowest BCUT2D eigenvalue weighted by Crippen LogP contribution is -3.14. The molecule has 0 saturated carbocycles. The Hall–Kier alpha value is -1.63. The number of nitrogens with zero attached hydrogens (tertiary/aromatic N) is 1. The van der Waals surface area contributed by atoms with Crippen LogP contribution in [0.1, 0.15) is 18.5 Å². The maximum atomic E-state index is 12.7. The van der Waals surface area contributed by atoms with E-state index in [1.54, 1.807) is 17.0 Å². The number of hydrogen-bond acceptors (Lipinski definition) is 3. The summed E-state index contributed by atoms with van der Waals surface area (Å²) in [4.78, 5) is 27.3. The van der Waals surface area contributed by atoms with E-state index in [-0.39, 0.29) is 11.8 Å². The van der Waals surface area contributed by atoms with Gasteiger partial charge in [0.15, 0.2) is 0 Å². The van der Waals surface area contributed by atoms with E-state index in [2.05, 4.69) is 5.32 Å². The number of hydrogen-bond donors (Lipinski definition) is 2. The molecule has 2 heterocycles. The van der Waals surface area contributed by atoms with Gasteiger partial charge in [-0.1, -0.05) is 11.6 Å². The molecule has 1 saturated heterocycles. The molecule has 0 unspecified atom stereocenters. The first-order valence-electron chi connectivity index (χ1n) is 7.85. The quantitative estimate of drug-likeness (QED) is 0.798. The van der Waals surface area contributed by atoms with Crippen molar-refractivity contribution in [2.45, 2.75) is 13.0 Å². The zero-order chi connectivity index (χ0) is 16.4. The highest BCUT2D eigenvalue weighted by molar-refractivity contribution is 6.31. The molecule has 0 aromatic heterocycles. The molecule has 1 fully saturated rings. The zero-order valence-electron chi connectivity index (χ0n) is 13.1. The topological polar surface area (TPSA) is 63.1 Å². The van der Waals surface area contributed by atoms with Crippen LogP contribution in [0.4, 0.5) is 5.69 Å². The summed E-state index contributed by atoms with van der Waals surface area (Å²) in [5.41, 5.74) is 1.61. The summed E-state index contributed by atoms with van der Waals surface area (Å²) in [6, 6.07) is 4.75. The standard InChI is InChI=1S/C16H20ClN3O3/c1-11(21)18-15-13-10-12(17)2-3-14(13)20(16(15)22)5-4-19-6-8-23-9-7-19/h2-3,10,15H,4-9H2,1H3,(H,18,21)/p+1/t15-/m1/s1. The molecule has 0 bridgehead atoms. The van der Waals surface area contributed by atoms with Gasteiger partial charge in [0, 0.05) is 23.2 Å². The van der Waals surface area contributed by atoms with Crippen LogP contribution < -0.4 is 15.1 Å². The van der Waals surface area contributed by atoms with Crippen LogP contribution in [0.3, 0.4) is 0 Å². The summed E-state index contributed by atoms with van der Waals surface area (Å²) >= 11 is 6.06. The summed E-state index contributed by atoms with van der Waals surface area (Å²) < 4.78 is 5.36. The number of ether oxygens (including phenoxy) is 1. The van der Waals surface area contributed by atoms with Gasteiger partial charge in [0.1, 0.15) is 19.1 Å². The molecule has 1 aromatic carbocycles. The third-order valence-electron chi connectivity index (χ3n) is 4.34. The van der Waals surface area contributed by atoms with Crippen molar-refractivity contribution in [3.63, 3.8) is 0 Å². The number of carbonyl (C=O) groups is 2. The predicted molar refractivity (Wildman–Crippen MR) is 86.7 cm³/mol. The molecule has 7 heteroatoms. The van der Waals surface area contributed by atoms with E-state index in [9.17, 15) is 9.59 Å². The van der Waals surface area contributed by atoms with Crippen molar-refractivity contribution in [3.05, 3.63) is 28.8 Å². The predicted octanol–water partition coefficient (Wildman–Crippen LogP) is -0.221. The Bertz CT molecular complexity index is 617. The van der Waals surface area contributed by atoms with Gasteiger partial charge in [-0.05, 0) is 18.2 Å². The zero-order valence-corrected chi connectivity index (χ0v) is 13.9. The number of rotatable bonds is 4. The van der Waals surface area contributed by atoms with Gasteiger partial charge in [-0.25, -0.2) is 0 Å². The highest BCUT2D eigenvalue weighted by Gasteiger charge is 2.38. The second kappa shape index (κ2) is 6.86. The Kier molecular flexibility index (Phi) is 4.84. The molecule has 0 aliphatic carbocycles. The Morgan fingerprint density at radius 3 is 2.87 bits per heavy atom. The normalized spacial score (nSPS) is 21.4. The van der Waals surface area contributed by atoms with Crippen molar-refractivity contribution in [3.8, 4) is 0 Å². The first kappa shape index (κ1) is 16.2. The molecule has 23 heavy (non-hydrogen) atoms. The van der Waals surface area contributed by atoms with E-state index in [0.717, 1.165) is 44.1 Å². The molecule has 1 atom stereocenters. The van der Waals surface area contributed by atoms with Gasteiger partial charge in [0.05, 0.1) is 26.3 Å². The number of fused-ring (bicyclic) bond motifs is 1. The van der Waals surface area contributed by atoms with Crippen LogP contribution in [0.2, 0.25) is 5.02 Å². The molecule has 1 aromatic rings. The molecule has 2 amide bonds. The van der Waals surface area contributed by atoms with Crippen LogP contribution in [0.25, 0.3) is 0 Å². The summed E-state index contributed by atoms with van der Waals surface area (Å²) in [5, 5.41) is 3.29. The van der Waals surface area contributed by atoms with Gasteiger partial charge in [-0.15, -0.1) is 0 Å². The minimum absolute atomic E-state index is 0.0925. The summed E-state index contributed by atoms with van der Waals surface area (Å²) in [5.74, 6) is -0.319. The number of benzene rings is 1. The van der Waals surface area contributed by atoms with Crippen molar-refractivity contribution < 1.29 is 19.2 Å². The fourth-order valence-corrected chi connectivity index (χ4v) is 3.34. The van der Waals surface area contributed by atoms with Crippen LogP contribution in [-0.4, -0.2) is 51.2 Å². The molecule has 124 valence electrons. The largest absolute Gasteiger partial charge is 0.370 e. The third kappa shape index (κ3) is 3.49. The lowest BCUT2D eigenvalue weighted by Gasteiger charge is -2.26. The third-order valence-corrected chi connectivity index (χ3v) is 4.58. The van der Waals surface area contributed by atoms with E-state index in [0.29, 0.717) is 11.6 Å². The fourth-order valence-electron chi connectivity index (χ4n) is 3.16. The highest BCUT2D eigenvalue weighted by atomic mass is 35.5. The van der Waals surface area contributed by atoms with Gasteiger partial charge in [0.25, 0.3) is 5.91 Å². The van der Waals surface area contributed by atoms with Crippen LogP contribution in [-0.2, 0) is 14.3 Å². The first-order chi connectivity index (χ1) is 11.1. The minimum atomic E-state index is -0.638. The molecular formula is C16H21ClN3O3+. The number of carbonyl (C=O) groups excluding carboxylic acids is 2. The van der Waals surface area contributed by atoms with Gasteiger partial charge in [-0.2, -0.15) is 0 Å². The number of nitrogens with one attached hydrogen (secondary N) is 2. The minimum Gasteiger partial charge on any atom is -0.370 e. The Balaban J connectivity index is 1.77. The van der Waals surface area contributed by atoms with Crippen molar-refractivity contribution in [1.29, 1.82) is 0 Å². The highest BCUT2D eigenvalue weighted by Crippen LogP contribution is 2.37. The van der Waals surface area contributed by atoms with Gasteiger partial charge in [-0.3, -0.25) is 9.59 Å². The van der Waals surface area contributed by atoms with E-state index >= 15 is 0 Å². The van der Waals surface area contributed by atoms with Crippen LogP contribution in [0.15, 0.2) is 18.2 Å². The van der Waals surface area contributed by atoms with Crippen LogP contribution >= 0.6 is 11.6 Å². The summed E-state index contributed by atoms with van der Waals surface area (Å²) in [7, 11) is 0. The smallest absolute Gasteiger partial charge is 0.254 e. The Labute approximate surface area is 140 Å². The van der Waals surface area contributed by atoms with Crippen LogP contribution in [0.5, 0.6) is 0 Å². The maximum absolute atomic E-state index is 12.7. The average molecular weight is 339 g/mol. The molecule has 3 rings (SSSR count). The van der Waals surface area contributed by atoms with E-state index in [1.165, 1.54) is 11.8 Å². The van der Waals surface area contributed by atoms with Crippen molar-refractivity contribution in [2.75, 3.05) is 44.3 Å². The van der Waals surface area contributed by atoms with Gasteiger partial charge < -0.3 is 19.9 Å². The SMILES string of the molecule is CC(=O)N[C@H]1C(=O)N(CC[NH+]2CCOCC2)c2ccc(Cl)cc21. The van der Waals surface area contributed by atoms with Crippen LogP contribution in [0, 0.1) is 0 Å². The van der Waals surface area contributed by atoms with E-state index in [4.69, 9.17) is 16.3 Å². The second-order valence-corrected chi connectivity index (χ2v) is 6.38. The first-order valence-corrected chi connectivity index (χ1v) is 8.23. The molecular weight excluding hydrogens is 318 g/mol.